The molecule has 2 unspecified atom stereocenters. The molecule has 1 aliphatic carbocycles. The van der Waals surface area contributed by atoms with Gasteiger partial charge in [0.25, 0.3) is 6.29 Å². The molecular weight excluding hydrogens is 444 g/mol. The molecule has 3 N–H and O–H groups in total. The monoisotopic (exact) mass is 462 g/mol. The molecule has 2 aliphatic heterocycles. The summed E-state index contributed by atoms with van der Waals surface area (Å²) in [6, 6.07) is 7.76. The SMILES string of the molecule is COc1cc2c(c3oc(=O)c4c(c13)CC/C4=N\Nc1ccc(C(=O)O)cc1)C1(O)C=COC1O2. The van der Waals surface area contributed by atoms with Gasteiger partial charge in [-0.1, -0.05) is 0 Å². The minimum Gasteiger partial charge on any atom is -0.496 e. The van der Waals surface area contributed by atoms with Crippen molar-refractivity contribution in [2.45, 2.75) is 24.7 Å². The summed E-state index contributed by atoms with van der Waals surface area (Å²) in [6.45, 7) is 0. The Morgan fingerprint density at radius 2 is 2.06 bits per heavy atom. The van der Waals surface area contributed by atoms with Crippen molar-refractivity contribution in [1.82, 2.24) is 0 Å². The van der Waals surface area contributed by atoms with Crippen LogP contribution in [-0.2, 0) is 16.8 Å². The number of aromatic carboxylic acids is 1. The number of anilines is 1. The Bertz CT molecular complexity index is 1490. The second-order valence-corrected chi connectivity index (χ2v) is 8.17. The number of benzene rings is 2. The zero-order valence-corrected chi connectivity index (χ0v) is 17.8. The molecule has 0 saturated heterocycles. The highest BCUT2D eigenvalue weighted by Gasteiger charge is 2.53. The first-order valence-electron chi connectivity index (χ1n) is 10.5. The molecule has 6 rings (SSSR count). The molecule has 0 spiro atoms. The molecule has 172 valence electrons. The van der Waals surface area contributed by atoms with Gasteiger partial charge in [-0.15, -0.1) is 0 Å². The van der Waals surface area contributed by atoms with Crippen molar-refractivity contribution in [3.8, 4) is 11.5 Å². The van der Waals surface area contributed by atoms with E-state index in [-0.39, 0.29) is 11.1 Å². The van der Waals surface area contributed by atoms with E-state index >= 15 is 0 Å². The van der Waals surface area contributed by atoms with Crippen LogP contribution in [0.15, 0.2) is 57.0 Å². The fraction of sp³-hybridized carbons (Fsp3) is 0.208. The molecule has 0 amide bonds. The Morgan fingerprint density at radius 1 is 1.26 bits per heavy atom. The van der Waals surface area contributed by atoms with E-state index in [4.69, 9.17) is 23.7 Å². The lowest BCUT2D eigenvalue weighted by molar-refractivity contribution is -0.109. The van der Waals surface area contributed by atoms with Gasteiger partial charge in [0.2, 0.25) is 0 Å². The van der Waals surface area contributed by atoms with Crippen LogP contribution >= 0.6 is 0 Å². The minimum absolute atomic E-state index is 0.159. The molecule has 0 radical (unpaired) electrons. The van der Waals surface area contributed by atoms with Crippen molar-refractivity contribution in [2.24, 2.45) is 5.10 Å². The molecule has 0 fully saturated rings. The van der Waals surface area contributed by atoms with E-state index in [0.29, 0.717) is 57.8 Å². The van der Waals surface area contributed by atoms with E-state index in [1.807, 2.05) is 0 Å². The zero-order chi connectivity index (χ0) is 23.6. The van der Waals surface area contributed by atoms with Crippen LogP contribution in [0, 0.1) is 0 Å². The van der Waals surface area contributed by atoms with Gasteiger partial charge in [-0.05, 0) is 48.7 Å². The highest BCUT2D eigenvalue weighted by atomic mass is 16.7. The molecule has 3 aromatic rings. The van der Waals surface area contributed by atoms with Crippen molar-refractivity contribution < 1.29 is 33.6 Å². The standard InChI is InChI=1S/C24H18N2O8/c1-31-15-10-16-19(24(30)8-9-32-23(24)33-16)20-18(15)13-6-7-14(17(13)22(29)34-20)26-25-12-4-2-11(3-5-12)21(27)28/h2-5,8-10,23,25,30H,6-7H2,1H3,(H,27,28)/b26-14+. The number of methoxy groups -OCH3 is 1. The average molecular weight is 462 g/mol. The quantitative estimate of drug-likeness (QED) is 0.394. The Labute approximate surface area is 191 Å². The molecule has 0 saturated carbocycles. The zero-order valence-electron chi connectivity index (χ0n) is 17.8. The number of hydrogen-bond acceptors (Lipinski definition) is 9. The largest absolute Gasteiger partial charge is 0.496 e. The highest BCUT2D eigenvalue weighted by Crippen LogP contribution is 2.52. The third-order valence-corrected chi connectivity index (χ3v) is 6.30. The minimum atomic E-state index is -1.58. The summed E-state index contributed by atoms with van der Waals surface area (Å²) < 4.78 is 22.4. The lowest BCUT2D eigenvalue weighted by Gasteiger charge is -2.19. The van der Waals surface area contributed by atoms with E-state index in [2.05, 4.69) is 10.5 Å². The highest BCUT2D eigenvalue weighted by molar-refractivity contribution is 6.09. The number of aryl methyl sites for hydroxylation is 1. The lowest BCUT2D eigenvalue weighted by atomic mass is 9.91. The van der Waals surface area contributed by atoms with E-state index in [0.717, 1.165) is 0 Å². The second kappa shape index (κ2) is 7.09. The molecule has 2 aromatic carbocycles. The van der Waals surface area contributed by atoms with Crippen LogP contribution in [0.1, 0.15) is 33.5 Å². The van der Waals surface area contributed by atoms with Gasteiger partial charge in [0.15, 0.2) is 11.2 Å². The lowest BCUT2D eigenvalue weighted by Crippen LogP contribution is -2.33. The smallest absolute Gasteiger partial charge is 0.345 e. The van der Waals surface area contributed by atoms with Crippen LogP contribution in [0.3, 0.4) is 0 Å². The van der Waals surface area contributed by atoms with Crippen molar-refractivity contribution in [2.75, 3.05) is 12.5 Å². The number of carboxylic acids is 1. The molecule has 0 bridgehead atoms. The molecule has 1 aromatic heterocycles. The van der Waals surface area contributed by atoms with Gasteiger partial charge in [0.05, 0.1) is 46.8 Å². The summed E-state index contributed by atoms with van der Waals surface area (Å²) >= 11 is 0. The maximum absolute atomic E-state index is 13.1. The normalized spacial score (nSPS) is 22.8. The van der Waals surface area contributed by atoms with Crippen LogP contribution in [0.25, 0.3) is 11.0 Å². The van der Waals surface area contributed by atoms with Gasteiger partial charge in [0.1, 0.15) is 11.5 Å². The van der Waals surface area contributed by atoms with Gasteiger partial charge in [-0.3, -0.25) is 5.43 Å². The average Bonchev–Trinajstić information content (AvgIpc) is 3.48. The van der Waals surface area contributed by atoms with Crippen LogP contribution in [0.2, 0.25) is 0 Å². The van der Waals surface area contributed by atoms with Gasteiger partial charge in [-0.25, -0.2) is 9.59 Å². The Kier molecular flexibility index (Phi) is 4.24. The second-order valence-electron chi connectivity index (χ2n) is 8.17. The van der Waals surface area contributed by atoms with E-state index < -0.39 is 23.5 Å². The number of hydrazone groups is 1. The van der Waals surface area contributed by atoms with Crippen LogP contribution < -0.4 is 20.5 Å². The number of ether oxygens (including phenoxy) is 3. The fourth-order valence-corrected chi connectivity index (χ4v) is 4.70. The molecule has 10 heteroatoms. The number of hydrogen-bond donors (Lipinski definition) is 3. The third-order valence-electron chi connectivity index (χ3n) is 6.30. The van der Waals surface area contributed by atoms with Crippen LogP contribution in [0.5, 0.6) is 11.5 Å². The maximum atomic E-state index is 13.1. The number of nitrogens with one attached hydrogen (secondary N) is 1. The van der Waals surface area contributed by atoms with Crippen molar-refractivity contribution in [3.63, 3.8) is 0 Å². The molecule has 2 atom stereocenters. The van der Waals surface area contributed by atoms with E-state index in [9.17, 15) is 14.7 Å². The van der Waals surface area contributed by atoms with Gasteiger partial charge in [0, 0.05) is 6.07 Å². The number of fused-ring (bicyclic) bond motifs is 7. The van der Waals surface area contributed by atoms with E-state index in [1.54, 1.807) is 18.2 Å². The molecule has 10 nitrogen and oxygen atoms in total. The summed E-state index contributed by atoms with van der Waals surface area (Å²) in [4.78, 5) is 24.1. The van der Waals surface area contributed by atoms with Gasteiger partial charge >= 0.3 is 11.6 Å². The van der Waals surface area contributed by atoms with Crippen molar-refractivity contribution in [3.05, 3.63) is 75.3 Å². The Morgan fingerprint density at radius 3 is 2.79 bits per heavy atom. The van der Waals surface area contributed by atoms with Crippen LogP contribution in [-0.4, -0.2) is 35.3 Å². The number of aliphatic hydroxyl groups is 1. The number of rotatable bonds is 4. The summed E-state index contributed by atoms with van der Waals surface area (Å²) in [5, 5.41) is 25.2. The molecule has 3 heterocycles. The first-order valence-corrected chi connectivity index (χ1v) is 10.5. The molecular formula is C24H18N2O8. The predicted octanol–water partition coefficient (Wildman–Crippen LogP) is 2.71. The topological polar surface area (TPSA) is 140 Å². The number of carboxylic acid groups (broad SMARTS) is 1. The number of nitrogens with zero attached hydrogens (tertiary/aromatic N) is 1. The Hall–Kier alpha value is -4.31. The third kappa shape index (κ3) is 2.75. The van der Waals surface area contributed by atoms with E-state index in [1.165, 1.54) is 31.6 Å². The fourth-order valence-electron chi connectivity index (χ4n) is 4.70. The van der Waals surface area contributed by atoms with Crippen molar-refractivity contribution in [1.29, 1.82) is 0 Å². The van der Waals surface area contributed by atoms with Crippen molar-refractivity contribution >= 4 is 28.3 Å². The van der Waals surface area contributed by atoms with Gasteiger partial charge < -0.3 is 28.8 Å². The summed E-state index contributed by atoms with van der Waals surface area (Å²) in [7, 11) is 1.51. The predicted molar refractivity (Wildman–Crippen MR) is 119 cm³/mol. The first-order chi connectivity index (χ1) is 16.4. The summed E-state index contributed by atoms with van der Waals surface area (Å²) in [5.74, 6) is -0.254. The molecule has 3 aliphatic rings. The van der Waals surface area contributed by atoms with Crippen LogP contribution in [0.4, 0.5) is 5.69 Å². The first kappa shape index (κ1) is 20.3. The number of carbonyl (C=O) groups is 1. The molecule has 34 heavy (non-hydrogen) atoms. The summed E-state index contributed by atoms with van der Waals surface area (Å²) in [6.07, 6.45) is 2.85. The Balaban J connectivity index is 1.47. The summed E-state index contributed by atoms with van der Waals surface area (Å²) in [5.41, 5.74) is 3.50. The van der Waals surface area contributed by atoms with Gasteiger partial charge in [-0.2, -0.15) is 5.10 Å². The maximum Gasteiger partial charge on any atom is 0.345 e.